The number of benzene rings is 2. The van der Waals surface area contributed by atoms with Crippen molar-refractivity contribution in [3.05, 3.63) is 47.0 Å². The van der Waals surface area contributed by atoms with Crippen LogP contribution in [0.4, 0.5) is 0 Å². The summed E-state index contributed by atoms with van der Waals surface area (Å²) < 4.78 is 27.6. The molecule has 0 fully saturated rings. The summed E-state index contributed by atoms with van der Waals surface area (Å²) in [7, 11) is 4.66. The molecule has 0 radical (unpaired) electrons. The van der Waals surface area contributed by atoms with Gasteiger partial charge in [-0.2, -0.15) is 0 Å². The molecule has 1 aliphatic rings. The lowest BCUT2D eigenvalue weighted by atomic mass is 9.98. The molecule has 2 aromatic carbocycles. The van der Waals surface area contributed by atoms with Gasteiger partial charge in [0.2, 0.25) is 0 Å². The van der Waals surface area contributed by atoms with Crippen molar-refractivity contribution in [2.75, 3.05) is 34.5 Å². The van der Waals surface area contributed by atoms with Gasteiger partial charge in [-0.1, -0.05) is 12.5 Å². The number of cyclic esters (lactones) is 1. The van der Waals surface area contributed by atoms with Crippen LogP contribution in [0, 0.1) is 0 Å². The molecule has 0 bridgehead atoms. The Hall–Kier alpha value is -3.75. The third kappa shape index (κ3) is 9.17. The van der Waals surface area contributed by atoms with E-state index in [0.717, 1.165) is 30.4 Å². The van der Waals surface area contributed by atoms with Crippen molar-refractivity contribution < 1.29 is 38.1 Å². The van der Waals surface area contributed by atoms with Gasteiger partial charge in [0.05, 0.1) is 27.4 Å². The zero-order valence-electron chi connectivity index (χ0n) is 24.0. The molecule has 9 nitrogen and oxygen atoms in total. The van der Waals surface area contributed by atoms with Crippen LogP contribution in [-0.2, 0) is 27.2 Å². The van der Waals surface area contributed by atoms with Gasteiger partial charge in [-0.25, -0.2) is 4.79 Å². The monoisotopic (exact) mass is 555 g/mol. The van der Waals surface area contributed by atoms with E-state index < -0.39 is 5.97 Å². The van der Waals surface area contributed by atoms with E-state index in [1.807, 2.05) is 25.1 Å². The van der Waals surface area contributed by atoms with Crippen LogP contribution < -0.4 is 24.3 Å². The summed E-state index contributed by atoms with van der Waals surface area (Å²) in [6.07, 6.45) is 5.80. The predicted molar refractivity (Wildman–Crippen MR) is 151 cm³/mol. The molecule has 218 valence electrons. The van der Waals surface area contributed by atoms with Crippen LogP contribution in [0.25, 0.3) is 0 Å². The molecule has 0 aliphatic carbocycles. The minimum Gasteiger partial charge on any atom is -0.496 e. The lowest BCUT2D eigenvalue weighted by Crippen LogP contribution is -2.30. The van der Waals surface area contributed by atoms with Gasteiger partial charge in [0.1, 0.15) is 22.8 Å². The van der Waals surface area contributed by atoms with Crippen molar-refractivity contribution in [1.82, 2.24) is 5.32 Å². The number of amides is 1. The zero-order valence-corrected chi connectivity index (χ0v) is 24.0. The highest BCUT2D eigenvalue weighted by Gasteiger charge is 2.23. The Balaban J connectivity index is 1.64. The van der Waals surface area contributed by atoms with Gasteiger partial charge in [-0.05, 0) is 74.8 Å². The van der Waals surface area contributed by atoms with Crippen molar-refractivity contribution in [3.8, 4) is 23.0 Å². The Morgan fingerprint density at radius 3 is 2.38 bits per heavy atom. The summed E-state index contributed by atoms with van der Waals surface area (Å²) in [5, 5.41) is 2.86. The molecule has 1 unspecified atom stereocenters. The standard InChI is InChI=1S/C31H41NO8/c1-21-9-8-12-24(33)11-7-5-6-10-23-18-25(19-28(38-4)30(23)31(35)40-21)39-20-29(34)32-16-15-22-13-14-26(36-2)27(17-22)37-3/h13-14,17-19,21H,5-12,15-16,20H2,1-4H3,(H,32,34). The molecule has 1 N–H and O–H groups in total. The average Bonchev–Trinajstić information content (AvgIpc) is 2.94. The Labute approximate surface area is 236 Å². The van der Waals surface area contributed by atoms with E-state index in [4.69, 9.17) is 23.7 Å². The van der Waals surface area contributed by atoms with E-state index in [1.165, 1.54) is 7.11 Å². The van der Waals surface area contributed by atoms with Crippen molar-refractivity contribution in [1.29, 1.82) is 0 Å². The van der Waals surface area contributed by atoms with Crippen LogP contribution >= 0.6 is 0 Å². The van der Waals surface area contributed by atoms with Crippen LogP contribution in [0.3, 0.4) is 0 Å². The first kappa shape index (κ1) is 30.8. The number of carbonyl (C=O) groups is 3. The molecule has 3 rings (SSSR count). The van der Waals surface area contributed by atoms with Gasteiger partial charge in [0.25, 0.3) is 5.91 Å². The maximum absolute atomic E-state index is 13.1. The van der Waals surface area contributed by atoms with Gasteiger partial charge >= 0.3 is 5.97 Å². The SMILES string of the molecule is COc1ccc(CCNC(=O)COc2cc3c(c(OC)c2)C(=O)OC(C)CCCC(=O)CCCCC3)cc1OC. The van der Waals surface area contributed by atoms with E-state index in [9.17, 15) is 14.4 Å². The Morgan fingerprint density at radius 2 is 1.62 bits per heavy atom. The second kappa shape index (κ2) is 15.7. The maximum atomic E-state index is 13.1. The highest BCUT2D eigenvalue weighted by molar-refractivity contribution is 5.94. The molecule has 40 heavy (non-hydrogen) atoms. The molecule has 1 heterocycles. The van der Waals surface area contributed by atoms with Gasteiger partial charge in [0.15, 0.2) is 18.1 Å². The molecule has 0 saturated carbocycles. The van der Waals surface area contributed by atoms with Crippen LogP contribution in [0.1, 0.15) is 73.4 Å². The predicted octanol–water partition coefficient (Wildman–Crippen LogP) is 4.85. The number of fused-ring (bicyclic) bond motifs is 1. The molecule has 1 aliphatic heterocycles. The number of ketones is 1. The molecule has 0 saturated heterocycles. The van der Waals surface area contributed by atoms with Crippen LogP contribution in [0.15, 0.2) is 30.3 Å². The molecule has 9 heteroatoms. The van der Waals surface area contributed by atoms with E-state index in [1.54, 1.807) is 26.4 Å². The number of rotatable bonds is 9. The number of esters is 1. The summed E-state index contributed by atoms with van der Waals surface area (Å²) in [4.78, 5) is 37.7. The number of ether oxygens (including phenoxy) is 5. The first-order chi connectivity index (χ1) is 19.3. The average molecular weight is 556 g/mol. The lowest BCUT2D eigenvalue weighted by Gasteiger charge is -2.19. The second-order valence-corrected chi connectivity index (χ2v) is 9.95. The van der Waals surface area contributed by atoms with Crippen LogP contribution in [-0.4, -0.2) is 58.2 Å². The Morgan fingerprint density at radius 1 is 0.900 bits per heavy atom. The van der Waals surface area contributed by atoms with Gasteiger partial charge in [-0.3, -0.25) is 9.59 Å². The Bertz CT molecular complexity index is 1160. The fourth-order valence-corrected chi connectivity index (χ4v) is 4.73. The smallest absolute Gasteiger partial charge is 0.342 e. The number of nitrogens with one attached hydrogen (secondary N) is 1. The number of carbonyl (C=O) groups excluding carboxylic acids is 3. The summed E-state index contributed by atoms with van der Waals surface area (Å²) in [5.41, 5.74) is 2.12. The van der Waals surface area contributed by atoms with E-state index in [2.05, 4.69) is 5.32 Å². The highest BCUT2D eigenvalue weighted by Crippen LogP contribution is 2.32. The minimum atomic E-state index is -0.456. The second-order valence-electron chi connectivity index (χ2n) is 9.95. The lowest BCUT2D eigenvalue weighted by molar-refractivity contribution is -0.123. The third-order valence-corrected chi connectivity index (χ3v) is 6.91. The fourth-order valence-electron chi connectivity index (χ4n) is 4.73. The van der Waals surface area contributed by atoms with E-state index >= 15 is 0 Å². The number of Topliss-reactive ketones (excluding diaryl/α,β-unsaturated/α-hetero) is 1. The molecule has 0 aromatic heterocycles. The maximum Gasteiger partial charge on any atom is 0.342 e. The van der Waals surface area contributed by atoms with Crippen LogP contribution in [0.2, 0.25) is 0 Å². The Kier molecular flexibility index (Phi) is 12.1. The molecule has 2 aromatic rings. The first-order valence-electron chi connectivity index (χ1n) is 13.9. The third-order valence-electron chi connectivity index (χ3n) is 6.91. The van der Waals surface area contributed by atoms with Crippen molar-refractivity contribution in [2.24, 2.45) is 0 Å². The number of hydrogen-bond donors (Lipinski definition) is 1. The molecule has 1 atom stereocenters. The van der Waals surface area contributed by atoms with Gasteiger partial charge < -0.3 is 29.0 Å². The largest absolute Gasteiger partial charge is 0.496 e. The summed E-state index contributed by atoms with van der Waals surface area (Å²) >= 11 is 0. The number of hydrogen-bond acceptors (Lipinski definition) is 8. The molecule has 1 amide bonds. The van der Waals surface area contributed by atoms with E-state index in [0.29, 0.717) is 73.6 Å². The molecular formula is C31H41NO8. The summed E-state index contributed by atoms with van der Waals surface area (Å²) in [6.45, 7) is 2.08. The first-order valence-corrected chi connectivity index (χ1v) is 13.9. The van der Waals surface area contributed by atoms with Gasteiger partial charge in [0, 0.05) is 25.5 Å². The number of aryl methyl sites for hydroxylation is 1. The normalized spacial score (nSPS) is 16.6. The zero-order chi connectivity index (χ0) is 28.9. The van der Waals surface area contributed by atoms with Crippen molar-refractivity contribution in [2.45, 2.75) is 70.8 Å². The topological polar surface area (TPSA) is 109 Å². The molecule has 0 spiro atoms. The molecular weight excluding hydrogens is 514 g/mol. The van der Waals surface area contributed by atoms with E-state index in [-0.39, 0.29) is 24.4 Å². The van der Waals surface area contributed by atoms with Crippen molar-refractivity contribution >= 4 is 17.7 Å². The minimum absolute atomic E-state index is 0.183. The van der Waals surface area contributed by atoms with Gasteiger partial charge in [-0.15, -0.1) is 0 Å². The quantitative estimate of drug-likeness (QED) is 0.438. The summed E-state index contributed by atoms with van der Waals surface area (Å²) in [6, 6.07) is 9.03. The fraction of sp³-hybridized carbons (Fsp3) is 0.516. The highest BCUT2D eigenvalue weighted by atomic mass is 16.5. The van der Waals surface area contributed by atoms with Crippen molar-refractivity contribution in [3.63, 3.8) is 0 Å². The summed E-state index contributed by atoms with van der Waals surface area (Å²) in [5.74, 6) is 1.60. The number of methoxy groups -OCH3 is 3. The van der Waals surface area contributed by atoms with Crippen LogP contribution in [0.5, 0.6) is 23.0 Å².